The number of benzene rings is 1. The Kier molecular flexibility index (Phi) is 5.38. The van der Waals surface area contributed by atoms with Crippen LogP contribution in [0.2, 0.25) is 0 Å². The van der Waals surface area contributed by atoms with E-state index in [0.717, 1.165) is 24.5 Å². The van der Waals surface area contributed by atoms with Crippen LogP contribution in [0, 0.1) is 16.0 Å². The Hall–Kier alpha value is -1.82. The van der Waals surface area contributed by atoms with E-state index >= 15 is 0 Å². The van der Waals surface area contributed by atoms with Gasteiger partial charge in [0, 0.05) is 43.6 Å². The maximum Gasteiger partial charge on any atom is 0.273 e. The minimum absolute atomic E-state index is 0.108. The summed E-state index contributed by atoms with van der Waals surface area (Å²) in [7, 11) is 1.76. The molecule has 1 aliphatic heterocycles. The fraction of sp³-hybridized carbons (Fsp3) is 0.600. The number of likely N-dealkylation sites (tertiary alicyclic amines) is 1. The van der Waals surface area contributed by atoms with E-state index in [-0.39, 0.29) is 10.6 Å². The summed E-state index contributed by atoms with van der Waals surface area (Å²) in [5.74, 6) is 0.514. The van der Waals surface area contributed by atoms with Gasteiger partial charge < -0.3 is 15.5 Å². The molecule has 1 saturated heterocycles. The van der Waals surface area contributed by atoms with E-state index < -0.39 is 0 Å². The second-order valence-corrected chi connectivity index (χ2v) is 5.77. The highest BCUT2D eigenvalue weighted by Gasteiger charge is 2.15. The van der Waals surface area contributed by atoms with Crippen LogP contribution in [-0.4, -0.2) is 43.0 Å². The lowest BCUT2D eigenvalue weighted by atomic mass is 10.1. The van der Waals surface area contributed by atoms with Crippen molar-refractivity contribution in [2.45, 2.75) is 19.8 Å². The Morgan fingerprint density at radius 1 is 1.29 bits per heavy atom. The van der Waals surface area contributed by atoms with Crippen LogP contribution in [0.5, 0.6) is 0 Å². The molecular weight excluding hydrogens is 268 g/mol. The Morgan fingerprint density at radius 2 is 1.95 bits per heavy atom. The molecule has 0 aromatic heterocycles. The van der Waals surface area contributed by atoms with Crippen molar-refractivity contribution in [3.8, 4) is 0 Å². The monoisotopic (exact) mass is 292 g/mol. The van der Waals surface area contributed by atoms with Crippen molar-refractivity contribution in [2.75, 3.05) is 43.9 Å². The summed E-state index contributed by atoms with van der Waals surface area (Å²) in [6, 6.07) is 5.03. The highest BCUT2D eigenvalue weighted by molar-refractivity contribution is 5.63. The maximum absolute atomic E-state index is 10.9. The van der Waals surface area contributed by atoms with Gasteiger partial charge in [-0.3, -0.25) is 10.1 Å². The first-order valence-corrected chi connectivity index (χ1v) is 7.52. The van der Waals surface area contributed by atoms with Crippen LogP contribution in [0.25, 0.3) is 0 Å². The van der Waals surface area contributed by atoms with Crippen molar-refractivity contribution in [1.82, 2.24) is 4.90 Å². The van der Waals surface area contributed by atoms with Gasteiger partial charge in [-0.05, 0) is 37.9 Å². The second kappa shape index (κ2) is 7.26. The largest absolute Gasteiger partial charge is 0.388 e. The maximum atomic E-state index is 10.9. The van der Waals surface area contributed by atoms with Crippen LogP contribution in [0.3, 0.4) is 0 Å². The fourth-order valence-corrected chi connectivity index (χ4v) is 2.73. The third-order valence-corrected chi connectivity index (χ3v) is 3.84. The number of rotatable bonds is 7. The number of nitro benzene ring substituents is 1. The Balaban J connectivity index is 1.92. The third kappa shape index (κ3) is 4.60. The van der Waals surface area contributed by atoms with Gasteiger partial charge in [0.05, 0.1) is 4.92 Å². The average Bonchev–Trinajstić information content (AvgIpc) is 2.97. The van der Waals surface area contributed by atoms with E-state index in [1.54, 1.807) is 19.2 Å². The minimum atomic E-state index is -0.361. The van der Waals surface area contributed by atoms with Gasteiger partial charge in [-0.1, -0.05) is 6.92 Å². The molecule has 6 nitrogen and oxygen atoms in total. The average molecular weight is 292 g/mol. The zero-order valence-electron chi connectivity index (χ0n) is 12.8. The summed E-state index contributed by atoms with van der Waals surface area (Å²) in [4.78, 5) is 13.1. The molecule has 6 heteroatoms. The standard InChI is InChI=1S/C15H24N4O2/c1-12(11-18-5-3-4-6-18)10-17-14-7-13(16-2)8-15(9-14)19(20)21/h7-9,12,16-17H,3-6,10-11H2,1-2H3. The summed E-state index contributed by atoms with van der Waals surface area (Å²) in [6.07, 6.45) is 2.60. The van der Waals surface area contributed by atoms with Gasteiger partial charge >= 0.3 is 0 Å². The molecular formula is C15H24N4O2. The van der Waals surface area contributed by atoms with Gasteiger partial charge in [0.15, 0.2) is 0 Å². The van der Waals surface area contributed by atoms with Crippen LogP contribution in [-0.2, 0) is 0 Å². The van der Waals surface area contributed by atoms with Gasteiger partial charge in [0.1, 0.15) is 0 Å². The Labute approximate surface area is 125 Å². The summed E-state index contributed by atoms with van der Waals surface area (Å²) in [5.41, 5.74) is 1.65. The smallest absolute Gasteiger partial charge is 0.273 e. The molecule has 2 rings (SSSR count). The summed E-state index contributed by atoms with van der Waals surface area (Å²) in [5, 5.41) is 17.2. The van der Waals surface area contributed by atoms with Crippen LogP contribution < -0.4 is 10.6 Å². The Bertz CT molecular complexity index is 487. The molecule has 1 aromatic rings. The van der Waals surface area contributed by atoms with E-state index in [1.165, 1.54) is 25.9 Å². The quantitative estimate of drug-likeness (QED) is 0.597. The van der Waals surface area contributed by atoms with Crippen molar-refractivity contribution in [3.63, 3.8) is 0 Å². The number of hydrogen-bond donors (Lipinski definition) is 2. The molecule has 2 N–H and O–H groups in total. The van der Waals surface area contributed by atoms with E-state index in [4.69, 9.17) is 0 Å². The van der Waals surface area contributed by atoms with E-state index in [1.807, 2.05) is 6.07 Å². The molecule has 1 unspecified atom stereocenters. The highest BCUT2D eigenvalue weighted by atomic mass is 16.6. The molecule has 0 amide bonds. The van der Waals surface area contributed by atoms with E-state index in [9.17, 15) is 10.1 Å². The van der Waals surface area contributed by atoms with Crippen molar-refractivity contribution in [2.24, 2.45) is 5.92 Å². The zero-order valence-corrected chi connectivity index (χ0v) is 12.8. The normalized spacial score (nSPS) is 16.7. The molecule has 1 heterocycles. The van der Waals surface area contributed by atoms with Crippen molar-refractivity contribution in [1.29, 1.82) is 0 Å². The molecule has 0 spiro atoms. The molecule has 1 atom stereocenters. The highest BCUT2D eigenvalue weighted by Crippen LogP contribution is 2.24. The van der Waals surface area contributed by atoms with Gasteiger partial charge in [-0.2, -0.15) is 0 Å². The topological polar surface area (TPSA) is 70.4 Å². The molecule has 1 fully saturated rings. The molecule has 0 aliphatic carbocycles. The lowest BCUT2D eigenvalue weighted by molar-refractivity contribution is -0.384. The van der Waals surface area contributed by atoms with Gasteiger partial charge in [-0.15, -0.1) is 0 Å². The third-order valence-electron chi connectivity index (χ3n) is 3.84. The van der Waals surface area contributed by atoms with Gasteiger partial charge in [0.2, 0.25) is 0 Å². The van der Waals surface area contributed by atoms with Crippen molar-refractivity contribution < 1.29 is 4.92 Å². The number of anilines is 2. The second-order valence-electron chi connectivity index (χ2n) is 5.77. The molecule has 21 heavy (non-hydrogen) atoms. The number of nitrogens with zero attached hydrogens (tertiary/aromatic N) is 2. The fourth-order valence-electron chi connectivity index (χ4n) is 2.73. The molecule has 1 aliphatic rings. The lowest BCUT2D eigenvalue weighted by Gasteiger charge is -2.21. The summed E-state index contributed by atoms with van der Waals surface area (Å²) in [6.45, 7) is 6.51. The zero-order chi connectivity index (χ0) is 15.2. The predicted octanol–water partition coefficient (Wildman–Crippen LogP) is 2.78. The van der Waals surface area contributed by atoms with Gasteiger partial charge in [0.25, 0.3) is 5.69 Å². The van der Waals surface area contributed by atoms with Crippen LogP contribution >= 0.6 is 0 Å². The molecule has 116 valence electrons. The van der Waals surface area contributed by atoms with Gasteiger partial charge in [-0.25, -0.2) is 0 Å². The predicted molar refractivity (Wildman–Crippen MR) is 86.0 cm³/mol. The van der Waals surface area contributed by atoms with Crippen molar-refractivity contribution in [3.05, 3.63) is 28.3 Å². The number of nitrogens with one attached hydrogen (secondary N) is 2. The van der Waals surface area contributed by atoms with E-state index in [0.29, 0.717) is 5.92 Å². The van der Waals surface area contributed by atoms with Crippen LogP contribution in [0.4, 0.5) is 17.1 Å². The first-order chi connectivity index (χ1) is 10.1. The molecule has 0 radical (unpaired) electrons. The number of nitro groups is 1. The minimum Gasteiger partial charge on any atom is -0.388 e. The lowest BCUT2D eigenvalue weighted by Crippen LogP contribution is -2.28. The summed E-state index contributed by atoms with van der Waals surface area (Å²) < 4.78 is 0. The number of hydrogen-bond acceptors (Lipinski definition) is 5. The first-order valence-electron chi connectivity index (χ1n) is 7.52. The van der Waals surface area contributed by atoms with E-state index in [2.05, 4.69) is 22.5 Å². The molecule has 1 aromatic carbocycles. The van der Waals surface area contributed by atoms with Crippen molar-refractivity contribution >= 4 is 17.1 Å². The molecule has 0 saturated carbocycles. The molecule has 0 bridgehead atoms. The number of non-ortho nitro benzene ring substituents is 1. The van der Waals surface area contributed by atoms with Crippen LogP contribution in [0.1, 0.15) is 19.8 Å². The SMILES string of the molecule is CNc1cc(NCC(C)CN2CCCC2)cc([N+](=O)[O-])c1. The van der Waals surface area contributed by atoms with Crippen LogP contribution in [0.15, 0.2) is 18.2 Å². The Morgan fingerprint density at radius 3 is 2.57 bits per heavy atom. The first kappa shape index (κ1) is 15.6. The summed E-state index contributed by atoms with van der Waals surface area (Å²) >= 11 is 0.